The molecule has 0 spiro atoms. The van der Waals surface area contributed by atoms with E-state index in [2.05, 4.69) is 26.0 Å². The molecule has 3 aromatic rings. The van der Waals surface area contributed by atoms with E-state index < -0.39 is 47.1 Å². The fourth-order valence-corrected chi connectivity index (χ4v) is 4.82. The molecule has 0 aliphatic carbocycles. The standard InChI is InChI=1S/C26H27F5N4O4.CH5N.CH4/c1-6-11(2)24(37)34-17-9-15-20(16(10-36)32-17)35-23(33-15)22-18(12(3)25(4,39-22)26(29,30)31)13-7-8-14(27)19(28)21(13)38-5;1-2;/h7-12,18,22H,6H2,1-5H3,(H,33,35)(H,32,34,37);2H2,1H3;1H4/t11?,12?,18?,22-,25-;;/m1../s1. The van der Waals surface area contributed by atoms with E-state index in [0.29, 0.717) is 12.7 Å². The van der Waals surface area contributed by atoms with Crippen LogP contribution in [0.25, 0.3) is 11.0 Å². The number of pyridine rings is 1. The minimum absolute atomic E-state index is 0. The Labute approximate surface area is 240 Å². The topological polar surface area (TPSA) is 132 Å². The summed E-state index contributed by atoms with van der Waals surface area (Å²) in [5, 5.41) is 2.61. The second-order valence-electron chi connectivity index (χ2n) is 9.77. The number of alkyl halides is 3. The number of nitrogens with zero attached hydrogens (tertiary/aromatic N) is 2. The number of benzene rings is 1. The third-order valence-corrected chi connectivity index (χ3v) is 7.52. The van der Waals surface area contributed by atoms with E-state index in [9.17, 15) is 31.5 Å². The molecule has 1 amide bonds. The number of ether oxygens (including phenoxy) is 2. The number of rotatable bonds is 7. The van der Waals surface area contributed by atoms with Gasteiger partial charge in [0.2, 0.25) is 11.7 Å². The number of aromatic amines is 1. The van der Waals surface area contributed by atoms with Crippen molar-refractivity contribution in [3.8, 4) is 5.75 Å². The van der Waals surface area contributed by atoms with Crippen molar-refractivity contribution in [2.24, 2.45) is 17.6 Å². The predicted molar refractivity (Wildman–Crippen MR) is 147 cm³/mol. The van der Waals surface area contributed by atoms with Gasteiger partial charge in [0, 0.05) is 29.4 Å². The van der Waals surface area contributed by atoms with E-state index in [1.165, 1.54) is 20.0 Å². The van der Waals surface area contributed by atoms with Gasteiger partial charge in [-0.25, -0.2) is 14.4 Å². The molecule has 42 heavy (non-hydrogen) atoms. The number of aromatic nitrogens is 3. The van der Waals surface area contributed by atoms with E-state index in [1.54, 1.807) is 6.92 Å². The number of halogens is 5. The molecule has 1 fully saturated rings. The number of aldehydes is 1. The quantitative estimate of drug-likeness (QED) is 0.221. The fraction of sp³-hybridized carbons (Fsp3) is 0.500. The van der Waals surface area contributed by atoms with Gasteiger partial charge in [-0.2, -0.15) is 17.6 Å². The Morgan fingerprint density at radius 3 is 2.48 bits per heavy atom. The fourth-order valence-electron chi connectivity index (χ4n) is 4.82. The Kier molecular flexibility index (Phi) is 10.8. The van der Waals surface area contributed by atoms with Crippen LogP contribution in [0.2, 0.25) is 0 Å². The average Bonchev–Trinajstić information content (AvgIpc) is 3.49. The molecule has 4 rings (SSSR count). The minimum atomic E-state index is -4.83. The maximum absolute atomic E-state index is 14.6. The first-order valence-corrected chi connectivity index (χ1v) is 12.8. The first kappa shape index (κ1) is 34.6. The number of fused-ring (bicyclic) bond motifs is 1. The monoisotopic (exact) mass is 601 g/mol. The van der Waals surface area contributed by atoms with Crippen LogP contribution >= 0.6 is 0 Å². The highest BCUT2D eigenvalue weighted by Gasteiger charge is 2.65. The Balaban J connectivity index is 0.00000201. The van der Waals surface area contributed by atoms with E-state index >= 15 is 0 Å². The summed E-state index contributed by atoms with van der Waals surface area (Å²) in [4.78, 5) is 35.5. The summed E-state index contributed by atoms with van der Waals surface area (Å²) in [5.41, 5.74) is 1.83. The summed E-state index contributed by atoms with van der Waals surface area (Å²) >= 11 is 0. The molecule has 0 bridgehead atoms. The van der Waals surface area contributed by atoms with Crippen LogP contribution in [0, 0.1) is 23.5 Å². The third kappa shape index (κ3) is 5.95. The molecule has 4 N–H and O–H groups in total. The van der Waals surface area contributed by atoms with Crippen LogP contribution in [-0.4, -0.2) is 53.1 Å². The van der Waals surface area contributed by atoms with Crippen LogP contribution in [0.15, 0.2) is 18.2 Å². The molecular weight excluding hydrogens is 565 g/mol. The van der Waals surface area contributed by atoms with Crippen molar-refractivity contribution in [1.29, 1.82) is 0 Å². The van der Waals surface area contributed by atoms with Gasteiger partial charge in [0.05, 0.1) is 12.6 Å². The second-order valence-corrected chi connectivity index (χ2v) is 9.77. The summed E-state index contributed by atoms with van der Waals surface area (Å²) in [6, 6.07) is 3.35. The zero-order chi connectivity index (χ0) is 30.9. The third-order valence-electron chi connectivity index (χ3n) is 7.52. The van der Waals surface area contributed by atoms with Crippen LogP contribution in [0.4, 0.5) is 27.8 Å². The Hall–Kier alpha value is -3.65. The highest BCUT2D eigenvalue weighted by molar-refractivity contribution is 5.97. The summed E-state index contributed by atoms with van der Waals surface area (Å²) < 4.78 is 82.1. The van der Waals surface area contributed by atoms with Crippen LogP contribution in [-0.2, 0) is 9.53 Å². The molecule has 2 aromatic heterocycles. The number of anilines is 1. The van der Waals surface area contributed by atoms with Gasteiger partial charge in [0.25, 0.3) is 0 Å². The van der Waals surface area contributed by atoms with Crippen LogP contribution in [0.1, 0.15) is 75.4 Å². The maximum Gasteiger partial charge on any atom is 0.417 e. The van der Waals surface area contributed by atoms with E-state index in [4.69, 9.17) is 9.47 Å². The molecule has 232 valence electrons. The average molecular weight is 602 g/mol. The highest BCUT2D eigenvalue weighted by atomic mass is 19.4. The number of carbonyl (C=O) groups is 2. The van der Waals surface area contributed by atoms with Crippen LogP contribution < -0.4 is 15.8 Å². The Morgan fingerprint density at radius 1 is 1.29 bits per heavy atom. The van der Waals surface area contributed by atoms with Crippen molar-refractivity contribution in [2.75, 3.05) is 19.5 Å². The SMILES string of the molecule is C.CCC(C)C(=O)Nc1cc2[nH]c([C@@H]3O[C@@](C)(C(F)(F)F)C(C)C3c3ccc(F)c(F)c3OC)nc2c(C=O)n1.CN. The van der Waals surface area contributed by atoms with Crippen molar-refractivity contribution in [2.45, 2.75) is 65.3 Å². The maximum atomic E-state index is 14.6. The number of hydrogen-bond acceptors (Lipinski definition) is 7. The van der Waals surface area contributed by atoms with Gasteiger partial charge >= 0.3 is 6.18 Å². The lowest BCUT2D eigenvalue weighted by atomic mass is 9.77. The van der Waals surface area contributed by atoms with Gasteiger partial charge in [0.1, 0.15) is 29.0 Å². The number of methoxy groups -OCH3 is 1. The summed E-state index contributed by atoms with van der Waals surface area (Å²) in [5.74, 6) is -6.34. The normalized spacial score (nSPS) is 22.5. The molecule has 1 aliphatic heterocycles. The molecule has 1 aromatic carbocycles. The van der Waals surface area contributed by atoms with Crippen LogP contribution in [0.5, 0.6) is 5.75 Å². The number of nitrogens with one attached hydrogen (secondary N) is 2. The van der Waals surface area contributed by atoms with E-state index in [-0.39, 0.29) is 53.2 Å². The second kappa shape index (κ2) is 13.1. The lowest BCUT2D eigenvalue weighted by Gasteiger charge is -2.32. The number of amides is 1. The van der Waals surface area contributed by atoms with Gasteiger partial charge in [-0.1, -0.05) is 34.3 Å². The first-order chi connectivity index (χ1) is 19.3. The molecular formula is C28H36F5N5O4. The summed E-state index contributed by atoms with van der Waals surface area (Å²) in [6.45, 7) is 5.71. The molecule has 14 heteroatoms. The van der Waals surface area contributed by atoms with Gasteiger partial charge in [-0.15, -0.1) is 0 Å². The van der Waals surface area contributed by atoms with Crippen molar-refractivity contribution in [3.63, 3.8) is 0 Å². The van der Waals surface area contributed by atoms with Crippen molar-refractivity contribution >= 4 is 29.0 Å². The zero-order valence-electron chi connectivity index (χ0n) is 23.3. The van der Waals surface area contributed by atoms with E-state index in [0.717, 1.165) is 26.2 Å². The number of hydrogen-bond donors (Lipinski definition) is 3. The number of nitrogens with two attached hydrogens (primary N) is 1. The lowest BCUT2D eigenvalue weighted by molar-refractivity contribution is -0.275. The summed E-state index contributed by atoms with van der Waals surface area (Å²) in [6.07, 6.45) is -5.30. The van der Waals surface area contributed by atoms with Crippen molar-refractivity contribution < 1.29 is 41.0 Å². The Morgan fingerprint density at radius 2 is 1.93 bits per heavy atom. The highest BCUT2D eigenvalue weighted by Crippen LogP contribution is 2.59. The zero-order valence-corrected chi connectivity index (χ0v) is 23.3. The number of imidazole rings is 1. The molecule has 5 atom stereocenters. The van der Waals surface area contributed by atoms with Gasteiger partial charge < -0.3 is 25.5 Å². The summed E-state index contributed by atoms with van der Waals surface area (Å²) in [7, 11) is 2.58. The van der Waals surface area contributed by atoms with Crippen molar-refractivity contribution in [3.05, 3.63) is 46.9 Å². The Bertz CT molecular complexity index is 1430. The molecule has 9 nitrogen and oxygen atoms in total. The minimum Gasteiger partial charge on any atom is -0.493 e. The predicted octanol–water partition coefficient (Wildman–Crippen LogP) is 6.07. The first-order valence-electron chi connectivity index (χ1n) is 12.8. The molecule has 1 aliphatic rings. The lowest BCUT2D eigenvalue weighted by Crippen LogP contribution is -2.46. The molecule has 0 saturated carbocycles. The molecule has 3 unspecified atom stereocenters. The van der Waals surface area contributed by atoms with Gasteiger partial charge in [-0.05, 0) is 26.5 Å². The van der Waals surface area contributed by atoms with Crippen LogP contribution in [0.3, 0.4) is 0 Å². The number of carbonyl (C=O) groups excluding carboxylic acids is 2. The largest absolute Gasteiger partial charge is 0.493 e. The van der Waals surface area contributed by atoms with Gasteiger partial charge in [0.15, 0.2) is 23.5 Å². The van der Waals surface area contributed by atoms with Crippen molar-refractivity contribution in [1.82, 2.24) is 15.0 Å². The number of H-pyrrole nitrogens is 1. The van der Waals surface area contributed by atoms with E-state index in [1.807, 2.05) is 6.92 Å². The smallest absolute Gasteiger partial charge is 0.417 e. The van der Waals surface area contributed by atoms with Gasteiger partial charge in [-0.3, -0.25) is 9.59 Å². The molecule has 3 heterocycles. The molecule has 0 radical (unpaired) electrons. The molecule has 1 saturated heterocycles.